The van der Waals surface area contributed by atoms with E-state index < -0.39 is 12.6 Å². The van der Waals surface area contributed by atoms with Gasteiger partial charge in [-0.25, -0.2) is 0 Å². The van der Waals surface area contributed by atoms with Gasteiger partial charge in [0.1, 0.15) is 0 Å². The number of rotatable bonds is 1. The summed E-state index contributed by atoms with van der Waals surface area (Å²) in [7, 11) is 0. The van der Waals surface area contributed by atoms with Gasteiger partial charge in [-0.2, -0.15) is 13.2 Å². The van der Waals surface area contributed by atoms with Crippen molar-refractivity contribution in [2.45, 2.75) is 27.5 Å². The summed E-state index contributed by atoms with van der Waals surface area (Å²) in [5, 5.41) is 0. The van der Waals surface area contributed by atoms with Crippen molar-refractivity contribution in [2.75, 3.05) is 0 Å². The molecule has 0 saturated heterocycles. The highest BCUT2D eigenvalue weighted by molar-refractivity contribution is 4.70. The van der Waals surface area contributed by atoms with Crippen molar-refractivity contribution in [2.24, 2.45) is 0 Å². The van der Waals surface area contributed by atoms with E-state index in [1.807, 2.05) is 0 Å². The average Bonchev–Trinajstić information content (AvgIpc) is 1.30. The van der Waals surface area contributed by atoms with Crippen LogP contribution in [0, 0.1) is 0 Å². The molecule has 0 heterocycles. The predicted molar refractivity (Wildman–Crippen MR) is 34.3 cm³/mol. The lowest BCUT2D eigenvalue weighted by molar-refractivity contribution is -0.124. The number of allylic oxidation sites excluding steroid dienone is 1. The van der Waals surface area contributed by atoms with Crippen LogP contribution in [0.25, 0.3) is 0 Å². The van der Waals surface area contributed by atoms with Crippen LogP contribution in [-0.2, 0) is 0 Å². The van der Waals surface area contributed by atoms with Crippen molar-refractivity contribution in [1.82, 2.24) is 0 Å². The smallest absolute Gasteiger partial charge is 0.171 e. The van der Waals surface area contributed by atoms with Crippen LogP contribution in [0.2, 0.25) is 0 Å². The Morgan fingerprint density at radius 1 is 1.22 bits per heavy atom. The maximum atomic E-state index is 11.0. The minimum absolute atomic E-state index is 0. The molecule has 0 aliphatic rings. The van der Waals surface area contributed by atoms with Gasteiger partial charge in [0.15, 0.2) is 0 Å². The van der Waals surface area contributed by atoms with Crippen molar-refractivity contribution < 1.29 is 13.2 Å². The van der Waals surface area contributed by atoms with E-state index >= 15 is 0 Å². The Balaban J connectivity index is -0.000000180. The van der Waals surface area contributed by atoms with Crippen LogP contribution in [-0.4, -0.2) is 6.18 Å². The summed E-state index contributed by atoms with van der Waals surface area (Å²) in [6, 6.07) is 0. The summed E-state index contributed by atoms with van der Waals surface area (Å²) in [4.78, 5) is 0. The first-order chi connectivity index (χ1) is 3.06. The van der Waals surface area contributed by atoms with Gasteiger partial charge in [0, 0.05) is 0 Å². The molecule has 0 aromatic heterocycles. The van der Waals surface area contributed by atoms with Gasteiger partial charge in [0.2, 0.25) is 0 Å². The third-order valence-electron chi connectivity index (χ3n) is 0.376. The molecular formula is C6H13F3. The zero-order valence-electron chi connectivity index (χ0n) is 3.63. The molecule has 0 atom stereocenters. The van der Waals surface area contributed by atoms with Crippen LogP contribution < -0.4 is 0 Å². The van der Waals surface area contributed by atoms with E-state index in [1.165, 1.54) is 0 Å². The molecule has 0 spiro atoms. The van der Waals surface area contributed by atoms with Crippen LogP contribution in [0.15, 0.2) is 12.7 Å². The highest BCUT2D eigenvalue weighted by Gasteiger charge is 2.23. The van der Waals surface area contributed by atoms with Gasteiger partial charge in [-0.3, -0.25) is 0 Å². The zero-order valence-corrected chi connectivity index (χ0v) is 3.63. The van der Waals surface area contributed by atoms with Crippen LogP contribution in [0.5, 0.6) is 0 Å². The first-order valence-electron chi connectivity index (χ1n) is 1.74. The molecule has 0 amide bonds. The molecule has 58 valence electrons. The van der Waals surface area contributed by atoms with E-state index in [2.05, 4.69) is 6.58 Å². The standard InChI is InChI=1S/C4H5F3.2CH4/c1-2-3-4(5,6)7;;/h2H,1,3H2;2*1H4. The Bertz CT molecular complexity index is 63.2. The molecule has 3 heteroatoms. The molecule has 0 aromatic carbocycles. The van der Waals surface area contributed by atoms with Crippen LogP contribution >= 0.6 is 0 Å². The van der Waals surface area contributed by atoms with Crippen LogP contribution in [0.1, 0.15) is 21.3 Å². The van der Waals surface area contributed by atoms with Crippen molar-refractivity contribution in [3.8, 4) is 0 Å². The largest absolute Gasteiger partial charge is 0.392 e. The van der Waals surface area contributed by atoms with Crippen molar-refractivity contribution in [3.05, 3.63) is 12.7 Å². The lowest BCUT2D eigenvalue weighted by Crippen LogP contribution is -2.03. The monoisotopic (exact) mass is 142 g/mol. The second kappa shape index (κ2) is 5.66. The fourth-order valence-electron chi connectivity index (χ4n) is 0.164. The van der Waals surface area contributed by atoms with Gasteiger partial charge in [-0.15, -0.1) is 6.58 Å². The van der Waals surface area contributed by atoms with Crippen molar-refractivity contribution in [1.29, 1.82) is 0 Å². The van der Waals surface area contributed by atoms with Crippen molar-refractivity contribution in [3.63, 3.8) is 0 Å². The summed E-state index contributed by atoms with van der Waals surface area (Å²) >= 11 is 0. The Morgan fingerprint density at radius 2 is 1.56 bits per heavy atom. The Labute approximate surface area is 54.4 Å². The molecular weight excluding hydrogens is 129 g/mol. The summed E-state index contributed by atoms with van der Waals surface area (Å²) in [5.74, 6) is 0. The second-order valence-corrected chi connectivity index (χ2v) is 1.11. The Hall–Kier alpha value is -0.470. The molecule has 0 rings (SSSR count). The molecule has 9 heavy (non-hydrogen) atoms. The van der Waals surface area contributed by atoms with E-state index in [4.69, 9.17) is 0 Å². The third-order valence-corrected chi connectivity index (χ3v) is 0.376. The average molecular weight is 142 g/mol. The SMILES string of the molecule is C.C.C=CCC(F)(F)F. The lowest BCUT2D eigenvalue weighted by atomic mass is 10.4. The Kier molecular flexibility index (Phi) is 9.95. The number of alkyl halides is 3. The topological polar surface area (TPSA) is 0 Å². The van der Waals surface area contributed by atoms with Gasteiger partial charge >= 0.3 is 6.18 Å². The lowest BCUT2D eigenvalue weighted by Gasteiger charge is -1.97. The second-order valence-electron chi connectivity index (χ2n) is 1.11. The number of hydrogen-bond acceptors (Lipinski definition) is 0. The fourth-order valence-corrected chi connectivity index (χ4v) is 0.164. The third kappa shape index (κ3) is 18.5. The quantitative estimate of drug-likeness (QED) is 0.492. The zero-order chi connectivity index (χ0) is 5.91. The van der Waals surface area contributed by atoms with Crippen molar-refractivity contribution >= 4 is 0 Å². The van der Waals surface area contributed by atoms with Gasteiger partial charge in [-0.05, 0) is 0 Å². The fraction of sp³-hybridized carbons (Fsp3) is 0.667. The van der Waals surface area contributed by atoms with E-state index in [-0.39, 0.29) is 14.9 Å². The molecule has 0 N–H and O–H groups in total. The van der Waals surface area contributed by atoms with Crippen LogP contribution in [0.4, 0.5) is 13.2 Å². The maximum Gasteiger partial charge on any atom is 0.392 e. The molecule has 0 bridgehead atoms. The first kappa shape index (κ1) is 15.8. The minimum Gasteiger partial charge on any atom is -0.171 e. The molecule has 0 aliphatic carbocycles. The summed E-state index contributed by atoms with van der Waals surface area (Å²) in [6.45, 7) is 2.93. The molecule has 0 nitrogen and oxygen atoms in total. The Morgan fingerprint density at radius 3 is 1.56 bits per heavy atom. The molecule has 0 aromatic rings. The van der Waals surface area contributed by atoms with E-state index in [0.29, 0.717) is 0 Å². The van der Waals surface area contributed by atoms with E-state index in [1.54, 1.807) is 0 Å². The molecule has 0 aliphatic heterocycles. The number of halogens is 3. The maximum absolute atomic E-state index is 11.0. The normalized spacial score (nSPS) is 8.78. The number of hydrogen-bond donors (Lipinski definition) is 0. The molecule has 0 unspecified atom stereocenters. The predicted octanol–water partition coefficient (Wildman–Crippen LogP) is 3.40. The summed E-state index contributed by atoms with van der Waals surface area (Å²) < 4.78 is 33.0. The van der Waals surface area contributed by atoms with E-state index in [9.17, 15) is 13.2 Å². The van der Waals surface area contributed by atoms with Gasteiger partial charge in [0.05, 0.1) is 6.42 Å². The van der Waals surface area contributed by atoms with E-state index in [0.717, 1.165) is 6.08 Å². The van der Waals surface area contributed by atoms with Gasteiger partial charge < -0.3 is 0 Å². The van der Waals surface area contributed by atoms with Gasteiger partial charge in [-0.1, -0.05) is 20.9 Å². The molecule has 0 saturated carbocycles. The summed E-state index contributed by atoms with van der Waals surface area (Å²) in [5.41, 5.74) is 0. The molecule has 0 radical (unpaired) electrons. The highest BCUT2D eigenvalue weighted by Crippen LogP contribution is 2.18. The highest BCUT2D eigenvalue weighted by atomic mass is 19.4. The van der Waals surface area contributed by atoms with Gasteiger partial charge in [0.25, 0.3) is 0 Å². The first-order valence-corrected chi connectivity index (χ1v) is 1.74. The minimum atomic E-state index is -4.07. The van der Waals surface area contributed by atoms with Crippen LogP contribution in [0.3, 0.4) is 0 Å². The summed E-state index contributed by atoms with van der Waals surface area (Å²) in [6.07, 6.45) is -4.13. The molecule has 0 fully saturated rings.